The van der Waals surface area contributed by atoms with Crippen molar-refractivity contribution in [3.8, 4) is 5.75 Å². The smallest absolute Gasteiger partial charge is 0.234 e. The van der Waals surface area contributed by atoms with E-state index in [0.717, 1.165) is 50.3 Å². The molecule has 0 radical (unpaired) electrons. The molecule has 1 amide bonds. The number of piperidine rings is 1. The van der Waals surface area contributed by atoms with Gasteiger partial charge in [0.1, 0.15) is 5.75 Å². The second kappa shape index (κ2) is 5.44. The van der Waals surface area contributed by atoms with Gasteiger partial charge in [0, 0.05) is 13.1 Å². The Labute approximate surface area is 120 Å². The molecule has 0 saturated carbocycles. The highest BCUT2D eigenvalue weighted by molar-refractivity contribution is 5.99. The van der Waals surface area contributed by atoms with Gasteiger partial charge in [0.25, 0.3) is 0 Å². The molecule has 0 aliphatic carbocycles. The summed E-state index contributed by atoms with van der Waals surface area (Å²) in [6.07, 6.45) is 2.90. The van der Waals surface area contributed by atoms with E-state index < -0.39 is 0 Å². The second-order valence-electron chi connectivity index (χ2n) is 5.97. The number of hydrogen-bond acceptors (Lipinski definition) is 3. The molecule has 1 fully saturated rings. The number of fused-ring (bicyclic) bond motifs is 1. The average molecular weight is 274 g/mol. The van der Waals surface area contributed by atoms with E-state index in [2.05, 4.69) is 12.2 Å². The first-order valence-corrected chi connectivity index (χ1v) is 7.45. The van der Waals surface area contributed by atoms with Crippen LogP contribution in [-0.4, -0.2) is 32.1 Å². The molecule has 1 N–H and O–H groups in total. The number of para-hydroxylation sites is 2. The lowest BCUT2D eigenvalue weighted by molar-refractivity contribution is -0.128. The number of anilines is 1. The predicted octanol–water partition coefficient (Wildman–Crippen LogP) is 2.19. The monoisotopic (exact) mass is 274 g/mol. The van der Waals surface area contributed by atoms with Gasteiger partial charge < -0.3 is 15.0 Å². The number of benzene rings is 1. The highest BCUT2D eigenvalue weighted by Gasteiger charge is 2.39. The summed E-state index contributed by atoms with van der Waals surface area (Å²) in [5, 5.41) is 3.36. The summed E-state index contributed by atoms with van der Waals surface area (Å²) in [6.45, 7) is 5.28. The van der Waals surface area contributed by atoms with Gasteiger partial charge in [0.05, 0.1) is 17.7 Å². The van der Waals surface area contributed by atoms with Gasteiger partial charge in [-0.1, -0.05) is 12.1 Å². The van der Waals surface area contributed by atoms with Crippen LogP contribution in [0.15, 0.2) is 24.3 Å². The van der Waals surface area contributed by atoms with Crippen LogP contribution in [0.5, 0.6) is 5.75 Å². The van der Waals surface area contributed by atoms with Crippen LogP contribution in [0, 0.1) is 5.41 Å². The number of nitrogens with one attached hydrogen (secondary N) is 1. The number of ether oxygens (including phenoxy) is 1. The van der Waals surface area contributed by atoms with E-state index in [-0.39, 0.29) is 11.3 Å². The molecule has 1 aromatic carbocycles. The Morgan fingerprint density at radius 2 is 2.20 bits per heavy atom. The molecule has 4 heteroatoms. The van der Waals surface area contributed by atoms with Crippen molar-refractivity contribution >= 4 is 11.6 Å². The summed E-state index contributed by atoms with van der Waals surface area (Å²) >= 11 is 0. The fourth-order valence-corrected chi connectivity index (χ4v) is 3.10. The lowest BCUT2D eigenvalue weighted by Gasteiger charge is -2.37. The van der Waals surface area contributed by atoms with Crippen molar-refractivity contribution in [3.63, 3.8) is 0 Å². The zero-order chi connectivity index (χ0) is 14.0. The predicted molar refractivity (Wildman–Crippen MR) is 79.1 cm³/mol. The highest BCUT2D eigenvalue weighted by atomic mass is 16.5. The molecule has 2 heterocycles. The molecule has 0 bridgehead atoms. The van der Waals surface area contributed by atoms with E-state index in [1.54, 1.807) is 0 Å². The quantitative estimate of drug-likeness (QED) is 0.853. The van der Waals surface area contributed by atoms with E-state index in [1.807, 2.05) is 29.2 Å². The summed E-state index contributed by atoms with van der Waals surface area (Å²) in [5.74, 6) is 1.05. The van der Waals surface area contributed by atoms with Gasteiger partial charge in [-0.3, -0.25) is 4.79 Å². The summed E-state index contributed by atoms with van der Waals surface area (Å²) < 4.78 is 5.74. The lowest BCUT2D eigenvalue weighted by atomic mass is 9.81. The van der Waals surface area contributed by atoms with Crippen LogP contribution in [0.4, 0.5) is 5.69 Å². The van der Waals surface area contributed by atoms with Gasteiger partial charge in [0.15, 0.2) is 0 Å². The Hall–Kier alpha value is -1.55. The van der Waals surface area contributed by atoms with E-state index >= 15 is 0 Å². The molecule has 4 nitrogen and oxygen atoms in total. The minimum Gasteiger partial charge on any atom is -0.491 e. The largest absolute Gasteiger partial charge is 0.491 e. The molecule has 2 aliphatic heterocycles. The van der Waals surface area contributed by atoms with Crippen LogP contribution >= 0.6 is 0 Å². The number of rotatable bonds is 1. The zero-order valence-corrected chi connectivity index (χ0v) is 12.0. The highest BCUT2D eigenvalue weighted by Crippen LogP contribution is 2.35. The Bertz CT molecular complexity index is 495. The number of hydrogen-bond donors (Lipinski definition) is 1. The van der Waals surface area contributed by atoms with Gasteiger partial charge in [-0.25, -0.2) is 0 Å². The maximum absolute atomic E-state index is 13.0. The fraction of sp³-hybridized carbons (Fsp3) is 0.562. The maximum Gasteiger partial charge on any atom is 0.234 e. The van der Waals surface area contributed by atoms with Crippen molar-refractivity contribution in [2.75, 3.05) is 31.1 Å². The van der Waals surface area contributed by atoms with Crippen LogP contribution in [0.25, 0.3) is 0 Å². The fourth-order valence-electron chi connectivity index (χ4n) is 3.10. The molecule has 1 saturated heterocycles. The van der Waals surface area contributed by atoms with Crippen molar-refractivity contribution in [2.24, 2.45) is 5.41 Å². The van der Waals surface area contributed by atoms with Crippen molar-refractivity contribution in [2.45, 2.75) is 26.2 Å². The first-order chi connectivity index (χ1) is 9.71. The molecule has 108 valence electrons. The normalized spacial score (nSPS) is 26.4. The summed E-state index contributed by atoms with van der Waals surface area (Å²) in [7, 11) is 0. The van der Waals surface area contributed by atoms with Gasteiger partial charge in [0.2, 0.25) is 5.91 Å². The van der Waals surface area contributed by atoms with E-state index in [4.69, 9.17) is 4.74 Å². The first kappa shape index (κ1) is 13.4. The third-order valence-corrected chi connectivity index (χ3v) is 4.30. The Morgan fingerprint density at radius 3 is 3.00 bits per heavy atom. The molecule has 1 atom stereocenters. The molecule has 0 spiro atoms. The summed E-state index contributed by atoms with van der Waals surface area (Å²) in [5.41, 5.74) is 0.622. The van der Waals surface area contributed by atoms with Gasteiger partial charge in [-0.15, -0.1) is 0 Å². The Morgan fingerprint density at radius 1 is 1.35 bits per heavy atom. The van der Waals surface area contributed by atoms with Crippen LogP contribution in [0.1, 0.15) is 26.2 Å². The molecule has 3 rings (SSSR count). The molecule has 1 aromatic rings. The van der Waals surface area contributed by atoms with E-state index in [0.29, 0.717) is 6.61 Å². The molecule has 0 aromatic heterocycles. The lowest BCUT2D eigenvalue weighted by Crippen LogP contribution is -2.50. The van der Waals surface area contributed by atoms with Crippen LogP contribution < -0.4 is 15.0 Å². The van der Waals surface area contributed by atoms with Crippen LogP contribution in [0.3, 0.4) is 0 Å². The van der Waals surface area contributed by atoms with Crippen molar-refractivity contribution in [3.05, 3.63) is 24.3 Å². The molecular weight excluding hydrogens is 252 g/mol. The minimum atomic E-state index is -0.296. The van der Waals surface area contributed by atoms with Gasteiger partial charge in [-0.2, -0.15) is 0 Å². The Kier molecular flexibility index (Phi) is 3.66. The summed E-state index contributed by atoms with van der Waals surface area (Å²) in [6, 6.07) is 7.85. The van der Waals surface area contributed by atoms with Crippen molar-refractivity contribution < 1.29 is 9.53 Å². The standard InChI is InChI=1S/C16H22N2O2/c1-16(8-4-9-17-12-16)15(19)18-10-5-11-20-14-7-3-2-6-13(14)18/h2-3,6-7,17H,4-5,8-12H2,1H3. The third-order valence-electron chi connectivity index (χ3n) is 4.30. The summed E-state index contributed by atoms with van der Waals surface area (Å²) in [4.78, 5) is 14.9. The van der Waals surface area contributed by atoms with E-state index in [9.17, 15) is 4.79 Å². The molecular formula is C16H22N2O2. The third kappa shape index (κ3) is 2.40. The zero-order valence-electron chi connectivity index (χ0n) is 12.0. The molecule has 1 unspecified atom stereocenters. The van der Waals surface area contributed by atoms with Crippen molar-refractivity contribution in [1.29, 1.82) is 0 Å². The SMILES string of the molecule is CC1(C(=O)N2CCCOc3ccccc32)CCCNC1. The van der Waals surface area contributed by atoms with Crippen LogP contribution in [-0.2, 0) is 4.79 Å². The first-order valence-electron chi connectivity index (χ1n) is 7.45. The van der Waals surface area contributed by atoms with Gasteiger partial charge in [-0.05, 0) is 44.9 Å². The number of carbonyl (C=O) groups is 1. The van der Waals surface area contributed by atoms with Gasteiger partial charge >= 0.3 is 0 Å². The molecule has 2 aliphatic rings. The second-order valence-corrected chi connectivity index (χ2v) is 5.97. The number of nitrogens with zero attached hydrogens (tertiary/aromatic N) is 1. The maximum atomic E-state index is 13.0. The van der Waals surface area contributed by atoms with Crippen LogP contribution in [0.2, 0.25) is 0 Å². The van der Waals surface area contributed by atoms with E-state index in [1.165, 1.54) is 0 Å². The Balaban J connectivity index is 1.91. The topological polar surface area (TPSA) is 41.6 Å². The minimum absolute atomic E-state index is 0.225. The number of amides is 1. The molecule has 20 heavy (non-hydrogen) atoms. The van der Waals surface area contributed by atoms with Crippen molar-refractivity contribution in [1.82, 2.24) is 5.32 Å². The number of carbonyl (C=O) groups excluding carboxylic acids is 1. The average Bonchev–Trinajstić information content (AvgIpc) is 2.69.